The van der Waals surface area contributed by atoms with Crippen molar-refractivity contribution in [2.24, 2.45) is 0 Å². The van der Waals surface area contributed by atoms with Crippen molar-refractivity contribution in [3.63, 3.8) is 0 Å². The Bertz CT molecular complexity index is 429. The molecule has 2 atom stereocenters. The zero-order valence-electron chi connectivity index (χ0n) is 11.7. The maximum atomic E-state index is 5.98. The third-order valence-corrected chi connectivity index (χ3v) is 4.09. The van der Waals surface area contributed by atoms with E-state index in [9.17, 15) is 0 Å². The summed E-state index contributed by atoms with van der Waals surface area (Å²) >= 11 is 0. The molecule has 0 spiro atoms. The molecule has 2 saturated heterocycles. The zero-order valence-corrected chi connectivity index (χ0v) is 11.7. The number of hydrogen-bond donors (Lipinski definition) is 1. The first-order chi connectivity index (χ1) is 9.30. The average molecular weight is 262 g/mol. The quantitative estimate of drug-likeness (QED) is 0.897. The van der Waals surface area contributed by atoms with Gasteiger partial charge in [-0.2, -0.15) is 0 Å². The van der Waals surface area contributed by atoms with Gasteiger partial charge in [0.15, 0.2) is 5.82 Å². The highest BCUT2D eigenvalue weighted by atomic mass is 16.5. The summed E-state index contributed by atoms with van der Waals surface area (Å²) in [5.41, 5.74) is 1.07. The molecule has 5 heteroatoms. The molecular formula is C14H22N4O. The highest BCUT2D eigenvalue weighted by molar-refractivity contribution is 5.35. The molecular weight excluding hydrogens is 240 g/mol. The third-order valence-electron chi connectivity index (χ3n) is 4.09. The van der Waals surface area contributed by atoms with E-state index in [1.807, 2.05) is 13.1 Å². The standard InChI is InChI=1S/C14H22N4O/c1-3-10-7-13(15-2)17-14(16-10)12-8-18-6-4-5-11(18)9-19-12/h7,11-12H,3-6,8-9H2,1-2H3,(H,15,16,17). The molecule has 0 aliphatic carbocycles. The van der Waals surface area contributed by atoms with Crippen LogP contribution in [0, 0.1) is 0 Å². The maximum Gasteiger partial charge on any atom is 0.161 e. The molecule has 0 bridgehead atoms. The van der Waals surface area contributed by atoms with E-state index >= 15 is 0 Å². The second-order valence-corrected chi connectivity index (χ2v) is 5.32. The van der Waals surface area contributed by atoms with Gasteiger partial charge in [0.25, 0.3) is 0 Å². The van der Waals surface area contributed by atoms with Crippen molar-refractivity contribution in [3.8, 4) is 0 Å². The van der Waals surface area contributed by atoms with Gasteiger partial charge in [0.05, 0.1) is 6.61 Å². The molecule has 2 aliphatic heterocycles. The van der Waals surface area contributed by atoms with E-state index < -0.39 is 0 Å². The number of hydrogen-bond acceptors (Lipinski definition) is 5. The fourth-order valence-corrected chi connectivity index (χ4v) is 2.94. The van der Waals surface area contributed by atoms with Crippen LogP contribution in [0.3, 0.4) is 0 Å². The molecule has 1 aromatic rings. The van der Waals surface area contributed by atoms with E-state index in [1.165, 1.54) is 19.4 Å². The molecule has 1 N–H and O–H groups in total. The summed E-state index contributed by atoms with van der Waals surface area (Å²) in [7, 11) is 1.89. The number of fused-ring (bicyclic) bond motifs is 1. The van der Waals surface area contributed by atoms with Crippen molar-refractivity contribution in [3.05, 3.63) is 17.6 Å². The molecule has 5 nitrogen and oxygen atoms in total. The van der Waals surface area contributed by atoms with Gasteiger partial charge in [-0.05, 0) is 25.8 Å². The van der Waals surface area contributed by atoms with Crippen LogP contribution in [0.1, 0.15) is 37.4 Å². The molecule has 0 radical (unpaired) electrons. The Kier molecular flexibility index (Phi) is 3.66. The van der Waals surface area contributed by atoms with Crippen molar-refractivity contribution in [1.82, 2.24) is 14.9 Å². The highest BCUT2D eigenvalue weighted by Gasteiger charge is 2.34. The van der Waals surface area contributed by atoms with Gasteiger partial charge in [0.1, 0.15) is 11.9 Å². The Morgan fingerprint density at radius 1 is 1.47 bits per heavy atom. The van der Waals surface area contributed by atoms with Crippen molar-refractivity contribution >= 4 is 5.82 Å². The maximum absolute atomic E-state index is 5.98. The van der Waals surface area contributed by atoms with E-state index in [0.29, 0.717) is 6.04 Å². The van der Waals surface area contributed by atoms with Crippen LogP contribution in [-0.4, -0.2) is 47.7 Å². The number of nitrogens with zero attached hydrogens (tertiary/aromatic N) is 3. The number of ether oxygens (including phenoxy) is 1. The summed E-state index contributed by atoms with van der Waals surface area (Å²) < 4.78 is 5.98. The van der Waals surface area contributed by atoms with Gasteiger partial charge in [-0.3, -0.25) is 4.90 Å². The lowest BCUT2D eigenvalue weighted by molar-refractivity contribution is -0.0541. The normalized spacial score (nSPS) is 27.3. The van der Waals surface area contributed by atoms with Gasteiger partial charge in [0.2, 0.25) is 0 Å². The molecule has 19 heavy (non-hydrogen) atoms. The van der Waals surface area contributed by atoms with Crippen LogP contribution in [-0.2, 0) is 11.2 Å². The predicted octanol–water partition coefficient (Wildman–Crippen LogP) is 1.62. The van der Waals surface area contributed by atoms with Gasteiger partial charge < -0.3 is 10.1 Å². The summed E-state index contributed by atoms with van der Waals surface area (Å²) in [6.07, 6.45) is 3.50. The molecule has 1 aromatic heterocycles. The number of rotatable bonds is 3. The van der Waals surface area contributed by atoms with Crippen LogP contribution < -0.4 is 5.32 Å². The largest absolute Gasteiger partial charge is 0.373 e. The van der Waals surface area contributed by atoms with Gasteiger partial charge in [0, 0.05) is 31.4 Å². The first kappa shape index (κ1) is 12.8. The Morgan fingerprint density at radius 2 is 2.37 bits per heavy atom. The lowest BCUT2D eigenvalue weighted by Crippen LogP contribution is -2.42. The Balaban J connectivity index is 1.81. The van der Waals surface area contributed by atoms with Gasteiger partial charge in [-0.25, -0.2) is 9.97 Å². The minimum atomic E-state index is 0.0212. The Labute approximate surface area is 114 Å². The van der Waals surface area contributed by atoms with Gasteiger partial charge in [-0.15, -0.1) is 0 Å². The molecule has 2 fully saturated rings. The van der Waals surface area contributed by atoms with E-state index in [1.54, 1.807) is 0 Å². The molecule has 0 saturated carbocycles. The molecule has 0 aromatic carbocycles. The molecule has 3 rings (SSSR count). The number of nitrogens with one attached hydrogen (secondary N) is 1. The minimum absolute atomic E-state index is 0.0212. The Morgan fingerprint density at radius 3 is 3.16 bits per heavy atom. The van der Waals surface area contributed by atoms with Gasteiger partial charge >= 0.3 is 0 Å². The minimum Gasteiger partial charge on any atom is -0.373 e. The van der Waals surface area contributed by atoms with Crippen LogP contribution in [0.15, 0.2) is 6.07 Å². The van der Waals surface area contributed by atoms with Crippen LogP contribution in [0.4, 0.5) is 5.82 Å². The average Bonchev–Trinajstić information content (AvgIpc) is 2.94. The zero-order chi connectivity index (χ0) is 13.2. The van der Waals surface area contributed by atoms with Crippen LogP contribution in [0.5, 0.6) is 0 Å². The van der Waals surface area contributed by atoms with Gasteiger partial charge in [-0.1, -0.05) is 6.92 Å². The SMILES string of the molecule is CCc1cc(NC)nc(C2CN3CCCC3CO2)n1. The monoisotopic (exact) mass is 262 g/mol. The second-order valence-electron chi connectivity index (χ2n) is 5.32. The lowest BCUT2D eigenvalue weighted by Gasteiger charge is -2.34. The van der Waals surface area contributed by atoms with E-state index in [4.69, 9.17) is 4.74 Å². The first-order valence-electron chi connectivity index (χ1n) is 7.21. The molecule has 104 valence electrons. The van der Waals surface area contributed by atoms with Crippen molar-refractivity contribution in [2.75, 3.05) is 32.1 Å². The van der Waals surface area contributed by atoms with E-state index in [2.05, 4.69) is 27.1 Å². The first-order valence-corrected chi connectivity index (χ1v) is 7.21. The number of morpholine rings is 1. The fraction of sp³-hybridized carbons (Fsp3) is 0.714. The fourth-order valence-electron chi connectivity index (χ4n) is 2.94. The van der Waals surface area contributed by atoms with Crippen LogP contribution in [0.25, 0.3) is 0 Å². The topological polar surface area (TPSA) is 50.3 Å². The van der Waals surface area contributed by atoms with E-state index in [-0.39, 0.29) is 6.10 Å². The number of aryl methyl sites for hydroxylation is 1. The predicted molar refractivity (Wildman–Crippen MR) is 74.2 cm³/mol. The lowest BCUT2D eigenvalue weighted by atomic mass is 10.1. The van der Waals surface area contributed by atoms with E-state index in [0.717, 1.165) is 36.9 Å². The Hall–Kier alpha value is -1.20. The summed E-state index contributed by atoms with van der Waals surface area (Å²) in [4.78, 5) is 11.7. The second kappa shape index (κ2) is 5.43. The van der Waals surface area contributed by atoms with Crippen molar-refractivity contribution < 1.29 is 4.74 Å². The third kappa shape index (κ3) is 2.58. The molecule has 3 heterocycles. The smallest absolute Gasteiger partial charge is 0.161 e. The summed E-state index contributed by atoms with van der Waals surface area (Å²) in [6, 6.07) is 2.62. The number of anilines is 1. The highest BCUT2D eigenvalue weighted by Crippen LogP contribution is 2.29. The van der Waals surface area contributed by atoms with Crippen molar-refractivity contribution in [2.45, 2.75) is 38.3 Å². The number of aromatic nitrogens is 2. The molecule has 0 amide bonds. The summed E-state index contributed by atoms with van der Waals surface area (Å²) in [5.74, 6) is 1.71. The van der Waals surface area contributed by atoms with Crippen LogP contribution in [0.2, 0.25) is 0 Å². The summed E-state index contributed by atoms with van der Waals surface area (Å²) in [5, 5.41) is 3.11. The summed E-state index contributed by atoms with van der Waals surface area (Å²) in [6.45, 7) is 5.06. The van der Waals surface area contributed by atoms with Crippen LogP contribution >= 0.6 is 0 Å². The molecule has 2 aliphatic rings. The van der Waals surface area contributed by atoms with Crippen molar-refractivity contribution in [1.29, 1.82) is 0 Å². The molecule has 2 unspecified atom stereocenters.